The number of hydrogen-bond acceptors (Lipinski definition) is 9. The third-order valence-electron chi connectivity index (χ3n) is 7.01. The largest absolute Gasteiger partial charge is 0.538 e. The van der Waals surface area contributed by atoms with Crippen LogP contribution in [0.15, 0.2) is 33.8 Å². The summed E-state index contributed by atoms with van der Waals surface area (Å²) in [6.07, 6.45) is 3.05. The first-order valence-corrected chi connectivity index (χ1v) is 14.8. The third kappa shape index (κ3) is 6.24. The molecule has 0 radical (unpaired) electrons. The Bertz CT molecular complexity index is 1330. The van der Waals surface area contributed by atoms with Crippen molar-refractivity contribution in [2.75, 3.05) is 19.0 Å². The number of methoxy groups -OCH3 is 1. The minimum absolute atomic E-state index is 0.146. The summed E-state index contributed by atoms with van der Waals surface area (Å²) in [6, 6.07) is 7.00. The fraction of sp³-hybridized carbons (Fsp3) is 0.500. The van der Waals surface area contributed by atoms with Gasteiger partial charge in [0.2, 0.25) is 11.6 Å². The third-order valence-corrected chi connectivity index (χ3v) is 9.58. The van der Waals surface area contributed by atoms with Gasteiger partial charge in [-0.2, -0.15) is 0 Å². The highest BCUT2D eigenvalue weighted by Crippen LogP contribution is 2.45. The summed E-state index contributed by atoms with van der Waals surface area (Å²) in [5.74, 6) is -0.206. The van der Waals surface area contributed by atoms with E-state index in [1.54, 1.807) is 38.3 Å². The molecule has 2 aromatic heterocycles. The number of carbonyl (C=O) groups is 2. The lowest BCUT2D eigenvalue weighted by Gasteiger charge is -2.33. The summed E-state index contributed by atoms with van der Waals surface area (Å²) >= 11 is 2.54. The van der Waals surface area contributed by atoms with E-state index in [0.29, 0.717) is 34.3 Å². The van der Waals surface area contributed by atoms with Crippen LogP contribution in [0.3, 0.4) is 0 Å². The Kier molecular flexibility index (Phi) is 8.90. The van der Waals surface area contributed by atoms with Crippen LogP contribution in [0, 0.1) is 11.3 Å². The second kappa shape index (κ2) is 12.0. The lowest BCUT2D eigenvalue weighted by Crippen LogP contribution is -2.36. The zero-order valence-electron chi connectivity index (χ0n) is 23.2. The Balaban J connectivity index is 1.59. The normalized spacial score (nSPS) is 15.9. The Hall–Kier alpha value is -3.05. The average Bonchev–Trinajstić information content (AvgIpc) is 3.45. The summed E-state index contributed by atoms with van der Waals surface area (Å²) in [5, 5.41) is 19.5. The van der Waals surface area contributed by atoms with Gasteiger partial charge in [0.05, 0.1) is 29.8 Å². The number of fused-ring (bicyclic) bond motifs is 1. The van der Waals surface area contributed by atoms with Gasteiger partial charge in [-0.05, 0) is 78.1 Å². The van der Waals surface area contributed by atoms with Gasteiger partial charge in [0.1, 0.15) is 10.8 Å². The van der Waals surface area contributed by atoms with Crippen LogP contribution >= 0.6 is 23.1 Å². The molecule has 1 aromatic carbocycles. The molecule has 2 heterocycles. The maximum absolute atomic E-state index is 13.5. The molecule has 0 saturated heterocycles. The Morgan fingerprint density at radius 2 is 2.00 bits per heavy atom. The zero-order valence-corrected chi connectivity index (χ0v) is 24.8. The van der Waals surface area contributed by atoms with Crippen molar-refractivity contribution in [1.82, 2.24) is 5.27 Å². The SMILES string of the molecule is CCOC(=O)c1c(NC(=O)C(CC)Sc2c([O-])on[n+]2-c2ccc(OC)cc2)sc2c1CCC(C(C)(C)C)C2. The summed E-state index contributed by atoms with van der Waals surface area (Å²) in [4.78, 5) is 27.6. The van der Waals surface area contributed by atoms with E-state index in [1.165, 1.54) is 16.0 Å². The molecule has 0 fully saturated rings. The van der Waals surface area contributed by atoms with E-state index < -0.39 is 17.2 Å². The van der Waals surface area contributed by atoms with Crippen molar-refractivity contribution in [3.05, 3.63) is 40.3 Å². The highest BCUT2D eigenvalue weighted by Gasteiger charge is 2.35. The van der Waals surface area contributed by atoms with Gasteiger partial charge in [-0.25, -0.2) is 4.79 Å². The molecule has 0 bridgehead atoms. The smallest absolute Gasteiger partial charge is 0.341 e. The van der Waals surface area contributed by atoms with E-state index >= 15 is 0 Å². The Morgan fingerprint density at radius 3 is 2.62 bits per heavy atom. The first-order chi connectivity index (χ1) is 18.6. The Labute approximate surface area is 236 Å². The van der Waals surface area contributed by atoms with Crippen molar-refractivity contribution in [2.24, 2.45) is 11.3 Å². The number of thioether (sulfide) groups is 1. The molecule has 0 saturated carbocycles. The van der Waals surface area contributed by atoms with Crippen LogP contribution in [0.1, 0.15) is 68.3 Å². The fourth-order valence-electron chi connectivity index (χ4n) is 4.71. The van der Waals surface area contributed by atoms with E-state index in [2.05, 4.69) is 31.4 Å². The molecule has 1 aliphatic rings. The average molecular weight is 574 g/mol. The minimum atomic E-state index is -0.630. The van der Waals surface area contributed by atoms with Crippen molar-refractivity contribution in [3.63, 3.8) is 0 Å². The van der Waals surface area contributed by atoms with Gasteiger partial charge in [0, 0.05) is 17.0 Å². The van der Waals surface area contributed by atoms with Crippen LogP contribution < -0.4 is 19.8 Å². The number of esters is 1. The number of carbonyl (C=O) groups excluding carboxylic acids is 2. The van der Waals surface area contributed by atoms with Gasteiger partial charge in [-0.1, -0.05) is 27.7 Å². The van der Waals surface area contributed by atoms with Gasteiger partial charge in [0.15, 0.2) is 5.95 Å². The first kappa shape index (κ1) is 28.9. The standard InChI is InChI=1S/C28H35N3O6S2/c1-7-20(39-25-27(34)37-30-31(25)17-10-12-18(35-6)13-11-17)23(32)29-24-22(26(33)36-8-2)19-14-9-16(28(3,4)5)15-21(19)38-24/h10-13,16,20H,7-9,14-15H2,1-6H3,(H-,29,30,32,33,34). The summed E-state index contributed by atoms with van der Waals surface area (Å²) in [7, 11) is 1.57. The van der Waals surface area contributed by atoms with Crippen LogP contribution in [0.25, 0.3) is 5.69 Å². The molecule has 11 heteroatoms. The van der Waals surface area contributed by atoms with E-state index in [-0.39, 0.29) is 23.0 Å². The maximum atomic E-state index is 13.5. The number of nitrogens with one attached hydrogen (secondary N) is 1. The molecular formula is C28H35N3O6S2. The van der Waals surface area contributed by atoms with Crippen LogP contribution in [0.4, 0.5) is 5.00 Å². The monoisotopic (exact) mass is 573 g/mol. The number of thiophene rings is 1. The van der Waals surface area contributed by atoms with Crippen LogP contribution in [0.2, 0.25) is 0 Å². The second-order valence-corrected chi connectivity index (χ2v) is 12.8. The number of ether oxygens (including phenoxy) is 2. The number of hydrogen-bond donors (Lipinski definition) is 1. The van der Waals surface area contributed by atoms with Gasteiger partial charge < -0.3 is 24.4 Å². The molecule has 1 aliphatic carbocycles. The van der Waals surface area contributed by atoms with Crippen LogP contribution in [-0.2, 0) is 22.4 Å². The highest BCUT2D eigenvalue weighted by atomic mass is 32.2. The van der Waals surface area contributed by atoms with Crippen LogP contribution in [-0.4, -0.2) is 36.1 Å². The molecule has 1 amide bonds. The molecule has 39 heavy (non-hydrogen) atoms. The van der Waals surface area contributed by atoms with Crippen molar-refractivity contribution < 1.29 is 33.4 Å². The predicted molar refractivity (Wildman–Crippen MR) is 148 cm³/mol. The Morgan fingerprint density at radius 1 is 1.28 bits per heavy atom. The minimum Gasteiger partial charge on any atom is -0.538 e. The maximum Gasteiger partial charge on any atom is 0.341 e. The van der Waals surface area contributed by atoms with Gasteiger partial charge >= 0.3 is 5.97 Å². The van der Waals surface area contributed by atoms with Crippen LogP contribution in [0.5, 0.6) is 11.7 Å². The molecule has 3 aromatic rings. The van der Waals surface area contributed by atoms with E-state index in [1.807, 2.05) is 6.92 Å². The fourth-order valence-corrected chi connectivity index (χ4v) is 7.00. The molecule has 0 spiro atoms. The number of rotatable bonds is 9. The molecule has 0 aliphatic heterocycles. The van der Waals surface area contributed by atoms with E-state index in [4.69, 9.17) is 14.0 Å². The number of nitrogens with zero attached hydrogens (tertiary/aromatic N) is 2. The zero-order chi connectivity index (χ0) is 28.3. The van der Waals surface area contributed by atoms with Crippen molar-refractivity contribution in [1.29, 1.82) is 0 Å². The van der Waals surface area contributed by atoms with Gasteiger partial charge in [-0.3, -0.25) is 4.79 Å². The summed E-state index contributed by atoms with van der Waals surface area (Å²) in [5.41, 5.74) is 2.18. The van der Waals surface area contributed by atoms with Crippen molar-refractivity contribution in [3.8, 4) is 17.4 Å². The lowest BCUT2D eigenvalue weighted by atomic mass is 9.72. The topological polar surface area (TPSA) is 118 Å². The molecule has 2 atom stereocenters. The first-order valence-electron chi connectivity index (χ1n) is 13.1. The molecule has 9 nitrogen and oxygen atoms in total. The second-order valence-electron chi connectivity index (χ2n) is 10.5. The molecule has 210 valence electrons. The van der Waals surface area contributed by atoms with Gasteiger partial charge in [-0.15, -0.1) is 11.3 Å². The molecule has 4 rings (SSSR count). The predicted octanol–water partition coefficient (Wildman–Crippen LogP) is 4.93. The van der Waals surface area contributed by atoms with E-state index in [0.717, 1.165) is 41.5 Å². The quantitative estimate of drug-likeness (QED) is 0.218. The lowest BCUT2D eigenvalue weighted by molar-refractivity contribution is -0.705. The van der Waals surface area contributed by atoms with Crippen molar-refractivity contribution >= 4 is 40.0 Å². The number of aromatic nitrogens is 2. The number of anilines is 1. The van der Waals surface area contributed by atoms with Crippen molar-refractivity contribution in [2.45, 2.75) is 70.6 Å². The molecule has 1 N–H and O–H groups in total. The number of benzene rings is 1. The highest BCUT2D eigenvalue weighted by molar-refractivity contribution is 8.00. The van der Waals surface area contributed by atoms with E-state index in [9.17, 15) is 14.7 Å². The summed E-state index contributed by atoms with van der Waals surface area (Å²) in [6.45, 7) is 10.6. The van der Waals surface area contributed by atoms with Gasteiger partial charge in [0.25, 0.3) is 5.03 Å². The molecule has 2 unspecified atom stereocenters. The molecular weight excluding hydrogens is 538 g/mol. The summed E-state index contributed by atoms with van der Waals surface area (Å²) < 4.78 is 16.9. The number of amides is 1.